The van der Waals surface area contributed by atoms with Gasteiger partial charge in [-0.25, -0.2) is 0 Å². The van der Waals surface area contributed by atoms with E-state index in [1.165, 1.54) is 5.56 Å². The number of aliphatic hydroxyl groups excluding tert-OH is 1. The number of hydrogen-bond donors (Lipinski definition) is 2. The molecule has 100 valence electrons. The van der Waals surface area contributed by atoms with Crippen LogP contribution in [-0.4, -0.2) is 22.7 Å². The molecule has 1 aromatic carbocycles. The molecule has 4 heteroatoms. The van der Waals surface area contributed by atoms with E-state index in [-0.39, 0.29) is 6.10 Å². The highest BCUT2D eigenvalue weighted by atomic mass is 35.5. The van der Waals surface area contributed by atoms with Gasteiger partial charge in [-0.05, 0) is 49.1 Å². The van der Waals surface area contributed by atoms with Crippen LogP contribution < -0.4 is 5.32 Å². The largest absolute Gasteiger partial charge is 0.393 e. The number of aromatic nitrogens is 1. The summed E-state index contributed by atoms with van der Waals surface area (Å²) in [6.45, 7) is 1.74. The average molecular weight is 277 g/mol. The Morgan fingerprint density at radius 1 is 1.32 bits per heavy atom. The lowest BCUT2D eigenvalue weighted by atomic mass is 9.82. The Hall–Kier alpha value is -1.16. The van der Waals surface area contributed by atoms with Crippen LogP contribution in [0.1, 0.15) is 18.4 Å². The van der Waals surface area contributed by atoms with Gasteiger partial charge in [0, 0.05) is 23.2 Å². The van der Waals surface area contributed by atoms with Gasteiger partial charge in [-0.15, -0.1) is 0 Å². The van der Waals surface area contributed by atoms with Crippen molar-refractivity contribution in [2.45, 2.75) is 25.5 Å². The van der Waals surface area contributed by atoms with Crippen LogP contribution in [-0.2, 0) is 6.54 Å². The molecule has 1 aromatic heterocycles. The van der Waals surface area contributed by atoms with Gasteiger partial charge in [0.2, 0.25) is 0 Å². The lowest BCUT2D eigenvalue weighted by Gasteiger charge is -2.31. The van der Waals surface area contributed by atoms with Gasteiger partial charge in [-0.1, -0.05) is 17.7 Å². The number of benzene rings is 1. The molecule has 0 bridgehead atoms. The van der Waals surface area contributed by atoms with Crippen molar-refractivity contribution in [3.05, 3.63) is 41.0 Å². The molecule has 0 amide bonds. The molecule has 1 saturated carbocycles. The van der Waals surface area contributed by atoms with Crippen LogP contribution in [0.3, 0.4) is 0 Å². The Kier molecular flexibility index (Phi) is 3.69. The summed E-state index contributed by atoms with van der Waals surface area (Å²) in [6.07, 6.45) is 3.56. The first kappa shape index (κ1) is 12.9. The summed E-state index contributed by atoms with van der Waals surface area (Å²) in [5.74, 6) is 0.613. The number of aliphatic hydroxyl groups is 1. The van der Waals surface area contributed by atoms with E-state index >= 15 is 0 Å². The fraction of sp³-hybridized carbons (Fsp3) is 0.400. The number of fused-ring (bicyclic) bond motifs is 1. The van der Waals surface area contributed by atoms with Crippen molar-refractivity contribution in [3.63, 3.8) is 0 Å². The smallest absolute Gasteiger partial charge is 0.0761 e. The Bertz CT molecular complexity index is 581. The zero-order valence-electron chi connectivity index (χ0n) is 10.6. The van der Waals surface area contributed by atoms with E-state index in [4.69, 9.17) is 11.6 Å². The molecule has 1 heterocycles. The SMILES string of the molecule is OC1CC(CNCc2ccc(Cl)c3cccnc23)C1. The number of nitrogens with zero attached hydrogens (tertiary/aromatic N) is 1. The maximum atomic E-state index is 9.25. The third-order valence-electron chi connectivity index (χ3n) is 3.76. The summed E-state index contributed by atoms with van der Waals surface area (Å²) in [4.78, 5) is 4.42. The second kappa shape index (κ2) is 5.45. The Labute approximate surface area is 117 Å². The van der Waals surface area contributed by atoms with Crippen LogP contribution in [0.15, 0.2) is 30.5 Å². The molecular weight excluding hydrogens is 260 g/mol. The summed E-state index contributed by atoms with van der Waals surface area (Å²) in [6, 6.07) is 7.85. The standard InChI is InChI=1S/C15H17ClN2O/c16-14-4-3-11(15-13(14)2-1-5-18-15)9-17-8-10-6-12(19)7-10/h1-5,10,12,17,19H,6-9H2. The average Bonchev–Trinajstić information content (AvgIpc) is 2.39. The number of nitrogens with one attached hydrogen (secondary N) is 1. The van der Waals surface area contributed by atoms with Gasteiger partial charge in [-0.3, -0.25) is 4.98 Å². The minimum absolute atomic E-state index is 0.0789. The Balaban J connectivity index is 1.69. The molecular formula is C15H17ClN2O. The predicted octanol–water partition coefficient (Wildman–Crippen LogP) is 2.75. The van der Waals surface area contributed by atoms with Crippen LogP contribution in [0, 0.1) is 5.92 Å². The highest BCUT2D eigenvalue weighted by Crippen LogP contribution is 2.27. The van der Waals surface area contributed by atoms with Crippen molar-refractivity contribution in [2.24, 2.45) is 5.92 Å². The van der Waals surface area contributed by atoms with Crippen LogP contribution in [0.5, 0.6) is 0 Å². The van der Waals surface area contributed by atoms with Gasteiger partial charge in [0.05, 0.1) is 11.6 Å². The highest BCUT2D eigenvalue weighted by Gasteiger charge is 2.26. The van der Waals surface area contributed by atoms with E-state index in [0.717, 1.165) is 41.9 Å². The van der Waals surface area contributed by atoms with Crippen LogP contribution in [0.2, 0.25) is 5.02 Å². The third kappa shape index (κ3) is 2.73. The van der Waals surface area contributed by atoms with Crippen molar-refractivity contribution >= 4 is 22.5 Å². The van der Waals surface area contributed by atoms with Gasteiger partial charge in [0.1, 0.15) is 0 Å². The van der Waals surface area contributed by atoms with Crippen LogP contribution in [0.25, 0.3) is 10.9 Å². The van der Waals surface area contributed by atoms with Gasteiger partial charge in [0.15, 0.2) is 0 Å². The monoisotopic (exact) mass is 276 g/mol. The molecule has 0 spiro atoms. The second-order valence-corrected chi connectivity index (χ2v) is 5.64. The van der Waals surface area contributed by atoms with Gasteiger partial charge in [0.25, 0.3) is 0 Å². The molecule has 2 aromatic rings. The zero-order chi connectivity index (χ0) is 13.2. The fourth-order valence-electron chi connectivity index (χ4n) is 2.62. The molecule has 1 fully saturated rings. The van der Waals surface area contributed by atoms with Crippen molar-refractivity contribution in [3.8, 4) is 0 Å². The van der Waals surface area contributed by atoms with E-state index in [9.17, 15) is 5.11 Å². The lowest BCUT2D eigenvalue weighted by molar-refractivity contribution is 0.0430. The molecule has 3 rings (SSSR count). The molecule has 0 radical (unpaired) electrons. The topological polar surface area (TPSA) is 45.1 Å². The Morgan fingerprint density at radius 3 is 2.95 bits per heavy atom. The molecule has 19 heavy (non-hydrogen) atoms. The molecule has 0 saturated heterocycles. The van der Waals surface area contributed by atoms with Crippen LogP contribution >= 0.6 is 11.6 Å². The van der Waals surface area contributed by atoms with Crippen molar-refractivity contribution in [1.82, 2.24) is 10.3 Å². The zero-order valence-corrected chi connectivity index (χ0v) is 11.4. The summed E-state index contributed by atoms with van der Waals surface area (Å²) in [5, 5.41) is 14.4. The van der Waals surface area contributed by atoms with E-state index in [0.29, 0.717) is 5.92 Å². The summed E-state index contributed by atoms with van der Waals surface area (Å²) < 4.78 is 0. The maximum absolute atomic E-state index is 9.25. The minimum Gasteiger partial charge on any atom is -0.393 e. The predicted molar refractivity (Wildman–Crippen MR) is 77.2 cm³/mol. The van der Waals surface area contributed by atoms with Crippen molar-refractivity contribution in [2.75, 3.05) is 6.54 Å². The summed E-state index contributed by atoms with van der Waals surface area (Å²) in [5.41, 5.74) is 2.14. The van der Waals surface area contributed by atoms with Crippen molar-refractivity contribution in [1.29, 1.82) is 0 Å². The fourth-order valence-corrected chi connectivity index (χ4v) is 2.83. The summed E-state index contributed by atoms with van der Waals surface area (Å²) >= 11 is 6.17. The molecule has 3 nitrogen and oxygen atoms in total. The van der Waals surface area contributed by atoms with E-state index in [1.807, 2.05) is 24.3 Å². The molecule has 0 unspecified atom stereocenters. The van der Waals surface area contributed by atoms with E-state index < -0.39 is 0 Å². The van der Waals surface area contributed by atoms with E-state index in [2.05, 4.69) is 10.3 Å². The van der Waals surface area contributed by atoms with Gasteiger partial charge in [-0.2, -0.15) is 0 Å². The molecule has 1 aliphatic rings. The first-order valence-electron chi connectivity index (χ1n) is 6.65. The lowest BCUT2D eigenvalue weighted by Crippen LogP contribution is -2.35. The highest BCUT2D eigenvalue weighted by molar-refractivity contribution is 6.35. The first-order chi connectivity index (χ1) is 9.24. The quantitative estimate of drug-likeness (QED) is 0.903. The van der Waals surface area contributed by atoms with Crippen molar-refractivity contribution < 1.29 is 5.11 Å². The number of pyridine rings is 1. The minimum atomic E-state index is -0.0789. The third-order valence-corrected chi connectivity index (χ3v) is 4.09. The second-order valence-electron chi connectivity index (χ2n) is 5.23. The molecule has 0 aliphatic heterocycles. The maximum Gasteiger partial charge on any atom is 0.0761 e. The number of rotatable bonds is 4. The van der Waals surface area contributed by atoms with E-state index in [1.54, 1.807) is 6.20 Å². The molecule has 0 atom stereocenters. The molecule has 1 aliphatic carbocycles. The number of hydrogen-bond acceptors (Lipinski definition) is 3. The normalized spacial score (nSPS) is 22.4. The summed E-state index contributed by atoms with van der Waals surface area (Å²) in [7, 11) is 0. The Morgan fingerprint density at radius 2 is 2.16 bits per heavy atom. The first-order valence-corrected chi connectivity index (χ1v) is 7.02. The van der Waals surface area contributed by atoms with Crippen LogP contribution in [0.4, 0.5) is 0 Å². The van der Waals surface area contributed by atoms with Gasteiger partial charge < -0.3 is 10.4 Å². The number of halogens is 1. The molecule has 2 N–H and O–H groups in total. The van der Waals surface area contributed by atoms with Gasteiger partial charge >= 0.3 is 0 Å².